The van der Waals surface area contributed by atoms with Crippen LogP contribution in [0, 0.1) is 0 Å². The van der Waals surface area contributed by atoms with Crippen LogP contribution in [0.4, 0.5) is 34.1 Å². The number of nitrogens with zero attached hydrogens (tertiary/aromatic N) is 5. The molecular weight excluding hydrogens is 1320 g/mol. The Morgan fingerprint density at radius 3 is 1.24 bits per heavy atom. The summed E-state index contributed by atoms with van der Waals surface area (Å²) >= 11 is 0. The summed E-state index contributed by atoms with van der Waals surface area (Å²) in [6.45, 7) is 18.5. The topological polar surface area (TPSA) is 34.4 Å². The van der Waals surface area contributed by atoms with Gasteiger partial charge in [-0.25, -0.2) is 0 Å². The van der Waals surface area contributed by atoms with E-state index in [2.05, 4.69) is 120 Å². The van der Waals surface area contributed by atoms with E-state index >= 15 is 0 Å². The number of rotatable bonds is 8. The fraction of sp³-hybridized carbons (Fsp3) is 0.118. The molecule has 4 aromatic heterocycles. The predicted molar refractivity (Wildman–Crippen MR) is 463 cm³/mol. The first-order chi connectivity index (χ1) is 61.7. The third-order valence-electron chi connectivity index (χ3n) is 22.2. The van der Waals surface area contributed by atoms with Crippen LogP contribution < -0.4 is 26.2 Å². The van der Waals surface area contributed by atoms with Gasteiger partial charge in [0.25, 0.3) is 6.71 Å². The van der Waals surface area contributed by atoms with Gasteiger partial charge in [-0.1, -0.05) is 280 Å². The number of benzene rings is 15. The lowest BCUT2D eigenvalue weighted by molar-refractivity contribution is 0.590. The van der Waals surface area contributed by atoms with Gasteiger partial charge in [0.2, 0.25) is 0 Å². The van der Waals surface area contributed by atoms with E-state index in [0.717, 1.165) is 55.0 Å². The number of para-hydroxylation sites is 6. The third kappa shape index (κ3) is 9.88. The van der Waals surface area contributed by atoms with Gasteiger partial charge in [-0.2, -0.15) is 0 Å². The minimum atomic E-state index is -1.01. The first-order valence-electron chi connectivity index (χ1n) is 47.2. The second-order valence-electron chi connectivity index (χ2n) is 31.7. The van der Waals surface area contributed by atoms with Crippen LogP contribution in [0.2, 0.25) is 0 Å². The molecular formula is C102H80BN5O. The summed E-state index contributed by atoms with van der Waals surface area (Å²) in [7, 11) is 0. The molecule has 6 heterocycles. The Kier molecular flexibility index (Phi) is 10.1. The van der Waals surface area contributed by atoms with E-state index in [0.29, 0.717) is 83.9 Å². The zero-order valence-corrected chi connectivity index (χ0v) is 61.2. The lowest BCUT2D eigenvalue weighted by atomic mass is 9.33. The van der Waals surface area contributed by atoms with Crippen molar-refractivity contribution in [3.8, 4) is 50.4 Å². The number of hydrogen-bond donors (Lipinski definition) is 0. The van der Waals surface area contributed by atoms with Gasteiger partial charge in [-0.05, 0) is 175 Å². The standard InChI is InChI=1S/C102H80BN5O/c1-100(2,3)67-48-53-88-80(56-67)81-57-68(101(4,5)6)49-54-89(81)106(88)90-45-27-39-76-77-40-28-46-91(99(77)109-98(76)90)107-92-55-66(63-29-13-10-14-30-63)47-51-82(92)103-83-52-50-70(104-84-41-23-19-35-72(84)73-36-20-24-42-85(73)104)60-93(83)108(95-62-71(61-94(107)96(95)103)105-86-43-25-21-37-74(86)75-38-22-26-44-87(75)105)97-78(64-31-15-11-16-32-64)58-69(102(7,8)9)59-79(97)65-33-17-12-18-34-65/h10-62H,1-9H3/i10D,13D,14D,19D,20D,21D,22D,23D,24D,25D,26D,29D,30D,35D,36D,37D,38D,41D,42D,43D,44D. The maximum Gasteiger partial charge on any atom is 0.252 e. The molecule has 2 aliphatic rings. The van der Waals surface area contributed by atoms with Crippen LogP contribution in [0.3, 0.4) is 0 Å². The zero-order chi connectivity index (χ0) is 91.8. The molecule has 0 saturated heterocycles. The summed E-state index contributed by atoms with van der Waals surface area (Å²) < 4.78 is 214. The van der Waals surface area contributed by atoms with Crippen LogP contribution in [0.5, 0.6) is 0 Å². The second-order valence-corrected chi connectivity index (χ2v) is 31.7. The SMILES string of the molecule is [2H]c1c([2H])c([2H])c(-c2ccc3c(c2)N(c2cccc4c2oc2c(-n5c6ccc(C(C)(C)C)cc6c6cc(C(C)(C)C)ccc65)cccc24)c2cc(-n4c5c([2H])c([2H])c([2H])c([2H])c5c5c([2H])c([2H])c([2H])c([2H])c54)cc4c2B3c2ccc(-n3c5c([2H])c([2H])c([2H])c([2H])c5c5c([2H])c([2H])c([2H])c([2H])c53)cc2N4c2c(-c3ccccc3)cc(C(C)(C)C)cc2-c2ccccc2)c([2H])c1[2H]. The average molecular weight is 1420 g/mol. The third-order valence-corrected chi connectivity index (χ3v) is 22.2. The van der Waals surface area contributed by atoms with E-state index in [1.165, 1.54) is 9.13 Å². The molecule has 0 spiro atoms. The number of aromatic nitrogens is 3. The monoisotopic (exact) mass is 1420 g/mol. The number of fused-ring (bicyclic) bond motifs is 16. The maximum absolute atomic E-state index is 10.2. The molecule has 7 heteroatoms. The van der Waals surface area contributed by atoms with Crippen molar-refractivity contribution in [3.05, 3.63) is 338 Å². The molecule has 0 N–H and O–H groups in total. The van der Waals surface area contributed by atoms with Crippen LogP contribution in [0.15, 0.2) is 325 Å². The Labute approximate surface area is 665 Å². The van der Waals surface area contributed by atoms with Crippen LogP contribution in [0.1, 0.15) is 108 Å². The Bertz CT molecular complexity index is 8030. The molecule has 2 aliphatic heterocycles. The number of furan rings is 1. The molecule has 0 radical (unpaired) electrons. The molecule has 21 rings (SSSR count). The molecule has 0 atom stereocenters. The summed E-state index contributed by atoms with van der Waals surface area (Å²) in [6, 6.07) is 51.0. The van der Waals surface area contributed by atoms with Crippen molar-refractivity contribution in [2.75, 3.05) is 9.80 Å². The van der Waals surface area contributed by atoms with Crippen LogP contribution in [0.25, 0.3) is 138 Å². The first kappa shape index (κ1) is 46.3. The van der Waals surface area contributed by atoms with Crippen molar-refractivity contribution in [1.82, 2.24) is 13.7 Å². The number of anilines is 6. The van der Waals surface area contributed by atoms with Gasteiger partial charge >= 0.3 is 0 Å². The predicted octanol–water partition coefficient (Wildman–Crippen LogP) is 25.9. The van der Waals surface area contributed by atoms with Gasteiger partial charge < -0.3 is 27.9 Å². The Morgan fingerprint density at radius 2 is 0.725 bits per heavy atom. The van der Waals surface area contributed by atoms with Crippen molar-refractivity contribution in [2.24, 2.45) is 0 Å². The molecule has 6 nitrogen and oxygen atoms in total. The highest BCUT2D eigenvalue weighted by atomic mass is 16.3. The van der Waals surface area contributed by atoms with Crippen LogP contribution in [-0.2, 0) is 16.2 Å². The Morgan fingerprint density at radius 1 is 0.284 bits per heavy atom. The normalized spacial score (nSPS) is 15.8. The maximum atomic E-state index is 10.2. The summed E-state index contributed by atoms with van der Waals surface area (Å²) in [5, 5.41) is 2.72. The van der Waals surface area contributed by atoms with Crippen molar-refractivity contribution in [2.45, 2.75) is 78.6 Å². The largest absolute Gasteiger partial charge is 0.452 e. The zero-order valence-electron chi connectivity index (χ0n) is 82.2. The molecule has 0 amide bonds. The smallest absolute Gasteiger partial charge is 0.252 e. The van der Waals surface area contributed by atoms with Gasteiger partial charge in [0.15, 0.2) is 11.2 Å². The number of hydrogen-bond acceptors (Lipinski definition) is 3. The lowest BCUT2D eigenvalue weighted by Crippen LogP contribution is -2.61. The lowest BCUT2D eigenvalue weighted by Gasteiger charge is -2.45. The van der Waals surface area contributed by atoms with Gasteiger partial charge in [0, 0.05) is 82.7 Å². The molecule has 522 valence electrons. The molecule has 0 bridgehead atoms. The summed E-state index contributed by atoms with van der Waals surface area (Å²) in [4.78, 5) is 4.08. The van der Waals surface area contributed by atoms with Crippen molar-refractivity contribution >= 4 is 145 Å². The highest BCUT2D eigenvalue weighted by Gasteiger charge is 2.46. The van der Waals surface area contributed by atoms with Gasteiger partial charge in [0.05, 0.1) is 84.6 Å². The summed E-state index contributed by atoms with van der Waals surface area (Å²) in [6.07, 6.45) is 0. The molecule has 19 aromatic rings. The van der Waals surface area contributed by atoms with Crippen molar-refractivity contribution < 1.29 is 33.2 Å². The van der Waals surface area contributed by atoms with E-state index in [1.807, 2.05) is 132 Å². The summed E-state index contributed by atoms with van der Waals surface area (Å²) in [5.41, 5.74) is 12.1. The fourth-order valence-electron chi connectivity index (χ4n) is 17.0. The molecule has 0 aliphatic carbocycles. The quantitative estimate of drug-likeness (QED) is 0.142. The van der Waals surface area contributed by atoms with E-state index in [1.54, 1.807) is 18.2 Å². The second kappa shape index (κ2) is 23.8. The molecule has 15 aromatic carbocycles. The molecule has 0 unspecified atom stereocenters. The minimum Gasteiger partial charge on any atom is -0.452 e. The van der Waals surface area contributed by atoms with Gasteiger partial charge in [-0.3, -0.25) is 0 Å². The Balaban J connectivity index is 0.980. The van der Waals surface area contributed by atoms with E-state index in [9.17, 15) is 24.7 Å². The van der Waals surface area contributed by atoms with E-state index in [-0.39, 0.29) is 76.9 Å². The fourth-order valence-corrected chi connectivity index (χ4v) is 17.0. The highest BCUT2D eigenvalue weighted by molar-refractivity contribution is 7.00. The molecule has 109 heavy (non-hydrogen) atoms. The van der Waals surface area contributed by atoms with Gasteiger partial charge in [0.1, 0.15) is 0 Å². The van der Waals surface area contributed by atoms with Gasteiger partial charge in [-0.15, -0.1) is 0 Å². The average Bonchev–Trinajstić information content (AvgIpc) is 1.19. The highest BCUT2D eigenvalue weighted by Crippen LogP contribution is 2.55. The van der Waals surface area contributed by atoms with Crippen molar-refractivity contribution in [1.29, 1.82) is 0 Å². The molecule has 0 fully saturated rings. The van der Waals surface area contributed by atoms with Crippen LogP contribution >= 0.6 is 0 Å². The minimum absolute atomic E-state index is 0.0836. The van der Waals surface area contributed by atoms with E-state index < -0.39 is 139 Å². The summed E-state index contributed by atoms with van der Waals surface area (Å²) in [5.74, 6) is 0. The van der Waals surface area contributed by atoms with E-state index in [4.69, 9.17) is 8.53 Å². The van der Waals surface area contributed by atoms with Crippen LogP contribution in [-0.4, -0.2) is 20.4 Å². The first-order valence-corrected chi connectivity index (χ1v) is 36.7. The molecule has 0 saturated carbocycles. The Hall–Kier alpha value is -12.8. The van der Waals surface area contributed by atoms with Crippen molar-refractivity contribution in [3.63, 3.8) is 0 Å².